The summed E-state index contributed by atoms with van der Waals surface area (Å²) in [6.45, 7) is 2.72. The molecular weight excluding hydrogens is 222 g/mol. The van der Waals surface area contributed by atoms with Gasteiger partial charge in [0.15, 0.2) is 9.84 Å². The van der Waals surface area contributed by atoms with E-state index in [0.29, 0.717) is 12.2 Å². The zero-order valence-electron chi connectivity index (χ0n) is 9.44. The maximum Gasteiger partial charge on any atom is 0.152 e. The van der Waals surface area contributed by atoms with Crippen molar-refractivity contribution in [2.75, 3.05) is 11.5 Å². The predicted octanol–water partition coefficient (Wildman–Crippen LogP) is 1.35. The summed E-state index contributed by atoms with van der Waals surface area (Å²) < 4.78 is 22.8. The maximum absolute atomic E-state index is 11.4. The summed E-state index contributed by atoms with van der Waals surface area (Å²) in [6, 6.07) is 10.0. The number of benzene rings is 1. The molecule has 0 saturated carbocycles. The molecule has 1 aromatic carbocycles. The zero-order chi connectivity index (χ0) is 11.6. The van der Waals surface area contributed by atoms with E-state index < -0.39 is 9.84 Å². The van der Waals surface area contributed by atoms with Crippen molar-refractivity contribution in [2.45, 2.75) is 25.4 Å². The number of rotatable bonds is 3. The average Bonchev–Trinajstić information content (AvgIpc) is 2.53. The van der Waals surface area contributed by atoms with Crippen molar-refractivity contribution in [3.8, 4) is 0 Å². The van der Waals surface area contributed by atoms with Gasteiger partial charge in [-0.25, -0.2) is 8.42 Å². The molecule has 0 spiro atoms. The molecule has 1 heterocycles. The van der Waals surface area contributed by atoms with Crippen LogP contribution in [0.15, 0.2) is 30.3 Å². The van der Waals surface area contributed by atoms with Crippen molar-refractivity contribution in [3.63, 3.8) is 0 Å². The lowest BCUT2D eigenvalue weighted by molar-refractivity contribution is 0.395. The Hall–Kier alpha value is -0.870. The van der Waals surface area contributed by atoms with Crippen molar-refractivity contribution < 1.29 is 8.42 Å². The van der Waals surface area contributed by atoms with Gasteiger partial charge < -0.3 is 5.32 Å². The highest BCUT2D eigenvalue weighted by Crippen LogP contribution is 2.23. The highest BCUT2D eigenvalue weighted by atomic mass is 32.2. The first-order chi connectivity index (χ1) is 7.49. The van der Waals surface area contributed by atoms with Crippen LogP contribution in [0.5, 0.6) is 0 Å². The molecule has 1 aromatic rings. The first kappa shape index (κ1) is 11.6. The van der Waals surface area contributed by atoms with Crippen molar-refractivity contribution in [1.82, 2.24) is 5.32 Å². The van der Waals surface area contributed by atoms with Crippen LogP contribution in [0.3, 0.4) is 0 Å². The van der Waals surface area contributed by atoms with Gasteiger partial charge in [0.25, 0.3) is 0 Å². The molecule has 1 aliphatic heterocycles. The third kappa shape index (κ3) is 2.83. The quantitative estimate of drug-likeness (QED) is 0.866. The van der Waals surface area contributed by atoms with Crippen LogP contribution in [0, 0.1) is 0 Å². The summed E-state index contributed by atoms with van der Waals surface area (Å²) in [5, 5.41) is 3.35. The molecule has 1 atom stereocenters. The second kappa shape index (κ2) is 4.18. The van der Waals surface area contributed by atoms with E-state index in [-0.39, 0.29) is 11.3 Å². The molecule has 4 heteroatoms. The third-order valence-corrected chi connectivity index (χ3v) is 4.97. The summed E-state index contributed by atoms with van der Waals surface area (Å²) in [4.78, 5) is 0. The molecule has 3 nitrogen and oxygen atoms in total. The number of sulfone groups is 1. The zero-order valence-corrected chi connectivity index (χ0v) is 10.3. The lowest BCUT2D eigenvalue weighted by Crippen LogP contribution is -2.42. The lowest BCUT2D eigenvalue weighted by Gasteiger charge is -2.23. The number of hydrogen-bond donors (Lipinski definition) is 1. The highest BCUT2D eigenvalue weighted by Gasteiger charge is 2.37. The normalized spacial score (nSPS) is 28.1. The largest absolute Gasteiger partial charge is 0.306 e. The minimum atomic E-state index is -2.82. The fourth-order valence-electron chi connectivity index (χ4n) is 2.06. The Bertz CT molecular complexity index is 455. The number of nitrogens with one attached hydrogen (secondary N) is 1. The standard InChI is InChI=1S/C12H17NO2S/c1-12(7-8-16(14,15)10-12)13-9-11-5-3-2-4-6-11/h2-6,13H,7-10H2,1H3/t12-/m1/s1. The SMILES string of the molecule is C[C@@]1(NCc2ccccc2)CCS(=O)(=O)C1. The van der Waals surface area contributed by atoms with Crippen LogP contribution in [0.4, 0.5) is 0 Å². The Morgan fingerprint density at radius 2 is 2.00 bits per heavy atom. The molecule has 1 aliphatic rings. The first-order valence-electron chi connectivity index (χ1n) is 5.49. The topological polar surface area (TPSA) is 46.2 Å². The molecule has 1 saturated heterocycles. The summed E-state index contributed by atoms with van der Waals surface area (Å²) in [5.41, 5.74) is 0.933. The molecule has 0 unspecified atom stereocenters. The second-order valence-corrected chi connectivity index (χ2v) is 6.93. The van der Waals surface area contributed by atoms with Gasteiger partial charge >= 0.3 is 0 Å². The number of hydrogen-bond acceptors (Lipinski definition) is 3. The van der Waals surface area contributed by atoms with Gasteiger partial charge in [0.1, 0.15) is 0 Å². The van der Waals surface area contributed by atoms with E-state index in [2.05, 4.69) is 5.32 Å². The van der Waals surface area contributed by atoms with Crippen molar-refractivity contribution >= 4 is 9.84 Å². The molecule has 0 bridgehead atoms. The van der Waals surface area contributed by atoms with E-state index >= 15 is 0 Å². The molecule has 0 radical (unpaired) electrons. The van der Waals surface area contributed by atoms with E-state index in [0.717, 1.165) is 6.54 Å². The van der Waals surface area contributed by atoms with Crippen LogP contribution in [0.1, 0.15) is 18.9 Å². The van der Waals surface area contributed by atoms with Gasteiger partial charge in [-0.15, -0.1) is 0 Å². The lowest BCUT2D eigenvalue weighted by atomic mass is 10.0. The Balaban J connectivity index is 1.96. The van der Waals surface area contributed by atoms with Gasteiger partial charge in [0.05, 0.1) is 11.5 Å². The van der Waals surface area contributed by atoms with Crippen LogP contribution in [-0.4, -0.2) is 25.5 Å². The molecule has 1 fully saturated rings. The van der Waals surface area contributed by atoms with Crippen LogP contribution in [0.2, 0.25) is 0 Å². The van der Waals surface area contributed by atoms with Gasteiger partial charge in [-0.3, -0.25) is 0 Å². The average molecular weight is 239 g/mol. The van der Waals surface area contributed by atoms with Gasteiger partial charge in [0, 0.05) is 12.1 Å². The van der Waals surface area contributed by atoms with E-state index in [1.165, 1.54) is 5.56 Å². The molecular formula is C12H17NO2S. The maximum atomic E-state index is 11.4. The predicted molar refractivity (Wildman–Crippen MR) is 65.0 cm³/mol. The van der Waals surface area contributed by atoms with Gasteiger partial charge in [-0.1, -0.05) is 30.3 Å². The van der Waals surface area contributed by atoms with E-state index in [1.54, 1.807) is 0 Å². The third-order valence-electron chi connectivity index (χ3n) is 3.07. The van der Waals surface area contributed by atoms with Crippen molar-refractivity contribution in [2.24, 2.45) is 0 Å². The summed E-state index contributed by atoms with van der Waals surface area (Å²) in [7, 11) is -2.82. The first-order valence-corrected chi connectivity index (χ1v) is 7.31. The van der Waals surface area contributed by atoms with Crippen molar-refractivity contribution in [3.05, 3.63) is 35.9 Å². The summed E-state index contributed by atoms with van der Waals surface area (Å²) >= 11 is 0. The Labute approximate surface area is 96.8 Å². The minimum absolute atomic E-state index is 0.255. The second-order valence-electron chi connectivity index (χ2n) is 4.74. The fourth-order valence-corrected chi connectivity index (χ4v) is 4.18. The smallest absolute Gasteiger partial charge is 0.152 e. The Kier molecular flexibility index (Phi) is 3.04. The molecule has 0 aromatic heterocycles. The van der Waals surface area contributed by atoms with Crippen LogP contribution >= 0.6 is 0 Å². The fraction of sp³-hybridized carbons (Fsp3) is 0.500. The van der Waals surface area contributed by atoms with E-state index in [4.69, 9.17) is 0 Å². The Morgan fingerprint density at radius 1 is 1.31 bits per heavy atom. The van der Waals surface area contributed by atoms with Gasteiger partial charge in [-0.2, -0.15) is 0 Å². The summed E-state index contributed by atoms with van der Waals surface area (Å²) in [5.74, 6) is 0.568. The monoisotopic (exact) mass is 239 g/mol. The highest BCUT2D eigenvalue weighted by molar-refractivity contribution is 7.91. The van der Waals surface area contributed by atoms with Gasteiger partial charge in [-0.05, 0) is 18.9 Å². The van der Waals surface area contributed by atoms with Gasteiger partial charge in [0.2, 0.25) is 0 Å². The van der Waals surface area contributed by atoms with Crippen LogP contribution in [-0.2, 0) is 16.4 Å². The molecule has 0 aliphatic carbocycles. The van der Waals surface area contributed by atoms with Crippen LogP contribution in [0.25, 0.3) is 0 Å². The van der Waals surface area contributed by atoms with E-state index in [9.17, 15) is 8.42 Å². The molecule has 16 heavy (non-hydrogen) atoms. The Morgan fingerprint density at radius 3 is 2.56 bits per heavy atom. The summed E-state index contributed by atoms with van der Waals surface area (Å²) in [6.07, 6.45) is 0.710. The van der Waals surface area contributed by atoms with Crippen molar-refractivity contribution in [1.29, 1.82) is 0 Å². The van der Waals surface area contributed by atoms with E-state index in [1.807, 2.05) is 37.3 Å². The minimum Gasteiger partial charge on any atom is -0.306 e. The molecule has 1 N–H and O–H groups in total. The molecule has 0 amide bonds. The van der Waals surface area contributed by atoms with Crippen LogP contribution < -0.4 is 5.32 Å². The molecule has 88 valence electrons. The molecule has 2 rings (SSSR count).